The molecule has 0 aliphatic carbocycles. The molecule has 1 atom stereocenters. The first kappa shape index (κ1) is 11.4. The Morgan fingerprint density at radius 1 is 1.67 bits per heavy atom. The van der Waals surface area contributed by atoms with Crippen molar-refractivity contribution < 1.29 is 23.5 Å². The SMILES string of the molecule is C=C(C)C(=O)OCP(=O)(O)OC. The molecule has 0 rings (SSSR count). The van der Waals surface area contributed by atoms with E-state index < -0.39 is 19.9 Å². The molecule has 0 fully saturated rings. The summed E-state index contributed by atoms with van der Waals surface area (Å²) in [6.45, 7) is 4.74. The fourth-order valence-corrected chi connectivity index (χ4v) is 0.702. The van der Waals surface area contributed by atoms with Crippen molar-refractivity contribution >= 4 is 13.6 Å². The predicted octanol–water partition coefficient (Wildman–Crippen LogP) is 0.895. The normalized spacial score (nSPS) is 14.9. The quantitative estimate of drug-likeness (QED) is 0.408. The molecule has 0 radical (unpaired) electrons. The molecule has 1 unspecified atom stereocenters. The molecule has 0 bridgehead atoms. The summed E-state index contributed by atoms with van der Waals surface area (Å²) in [7, 11) is -2.69. The number of esters is 1. The monoisotopic (exact) mass is 194 g/mol. The van der Waals surface area contributed by atoms with Crippen molar-refractivity contribution in [3.8, 4) is 0 Å². The maximum absolute atomic E-state index is 10.7. The maximum Gasteiger partial charge on any atom is 0.365 e. The van der Waals surface area contributed by atoms with Crippen molar-refractivity contribution in [2.24, 2.45) is 0 Å². The van der Waals surface area contributed by atoms with Gasteiger partial charge in [0, 0.05) is 12.7 Å². The second-order valence-corrected chi connectivity index (χ2v) is 4.06. The van der Waals surface area contributed by atoms with Gasteiger partial charge >= 0.3 is 13.6 Å². The van der Waals surface area contributed by atoms with Crippen LogP contribution in [-0.4, -0.2) is 24.3 Å². The van der Waals surface area contributed by atoms with E-state index >= 15 is 0 Å². The molecule has 0 aromatic carbocycles. The third kappa shape index (κ3) is 4.28. The number of carbonyl (C=O) groups excluding carboxylic acids is 1. The van der Waals surface area contributed by atoms with Crippen molar-refractivity contribution in [2.45, 2.75) is 6.92 Å². The number of ether oxygens (including phenoxy) is 1. The second-order valence-electron chi connectivity index (χ2n) is 2.16. The number of hydrogen-bond donors (Lipinski definition) is 1. The van der Waals surface area contributed by atoms with Gasteiger partial charge in [-0.05, 0) is 6.92 Å². The Kier molecular flexibility index (Phi) is 4.17. The molecule has 1 N–H and O–H groups in total. The van der Waals surface area contributed by atoms with Gasteiger partial charge < -0.3 is 14.2 Å². The summed E-state index contributed by atoms with van der Waals surface area (Å²) in [5.74, 6) is -0.707. The van der Waals surface area contributed by atoms with Crippen LogP contribution >= 0.6 is 7.60 Å². The zero-order valence-corrected chi connectivity index (χ0v) is 7.84. The topological polar surface area (TPSA) is 72.8 Å². The minimum absolute atomic E-state index is 0.172. The number of rotatable bonds is 4. The molecule has 0 spiro atoms. The van der Waals surface area contributed by atoms with Crippen molar-refractivity contribution in [3.05, 3.63) is 12.2 Å². The molecule has 0 amide bonds. The highest BCUT2D eigenvalue weighted by atomic mass is 31.2. The molecule has 0 aliphatic heterocycles. The first-order valence-electron chi connectivity index (χ1n) is 3.09. The van der Waals surface area contributed by atoms with Crippen LogP contribution in [0.25, 0.3) is 0 Å². The molecule has 0 aromatic rings. The summed E-state index contributed by atoms with van der Waals surface area (Å²) in [6.07, 6.45) is -0.644. The third-order valence-corrected chi connectivity index (χ3v) is 2.02. The van der Waals surface area contributed by atoms with Crippen LogP contribution in [0.1, 0.15) is 6.92 Å². The van der Waals surface area contributed by atoms with Gasteiger partial charge in [-0.3, -0.25) is 4.57 Å². The highest BCUT2D eigenvalue weighted by molar-refractivity contribution is 7.52. The average Bonchev–Trinajstić information content (AvgIpc) is 2.00. The van der Waals surface area contributed by atoms with Crippen LogP contribution in [0.2, 0.25) is 0 Å². The van der Waals surface area contributed by atoms with Gasteiger partial charge in [-0.2, -0.15) is 0 Å². The van der Waals surface area contributed by atoms with E-state index in [1.165, 1.54) is 6.92 Å². The lowest BCUT2D eigenvalue weighted by Gasteiger charge is -2.08. The third-order valence-electron chi connectivity index (χ3n) is 0.993. The van der Waals surface area contributed by atoms with Crippen LogP contribution in [0.4, 0.5) is 0 Å². The molecule has 6 heteroatoms. The number of hydrogen-bond acceptors (Lipinski definition) is 4. The van der Waals surface area contributed by atoms with Crippen molar-refractivity contribution in [2.75, 3.05) is 13.5 Å². The van der Waals surface area contributed by atoms with E-state index in [1.54, 1.807) is 0 Å². The van der Waals surface area contributed by atoms with Crippen LogP contribution in [-0.2, 0) is 18.6 Å². The molecule has 0 heterocycles. The van der Waals surface area contributed by atoms with E-state index in [0.29, 0.717) is 0 Å². The van der Waals surface area contributed by atoms with Gasteiger partial charge in [-0.15, -0.1) is 0 Å². The lowest BCUT2D eigenvalue weighted by molar-refractivity contribution is -0.137. The van der Waals surface area contributed by atoms with Crippen LogP contribution in [0, 0.1) is 0 Å². The van der Waals surface area contributed by atoms with E-state index in [0.717, 1.165) is 7.11 Å². The van der Waals surface area contributed by atoms with Crippen LogP contribution < -0.4 is 0 Å². The molecule has 0 saturated heterocycles. The molecule has 0 aromatic heterocycles. The van der Waals surface area contributed by atoms with Gasteiger partial charge in [-0.25, -0.2) is 4.79 Å². The fraction of sp³-hybridized carbons (Fsp3) is 0.500. The standard InChI is InChI=1S/C6H11O5P/c1-5(2)6(7)11-4-12(8,9)10-3/h1,4H2,2-3H3,(H,8,9). The lowest BCUT2D eigenvalue weighted by Crippen LogP contribution is -2.07. The molecule has 0 aliphatic rings. The van der Waals surface area contributed by atoms with E-state index in [1.807, 2.05) is 0 Å². The molecular formula is C6H11O5P. The highest BCUT2D eigenvalue weighted by Gasteiger charge is 2.19. The summed E-state index contributed by atoms with van der Waals surface area (Å²) in [5.41, 5.74) is 0.172. The molecule has 70 valence electrons. The highest BCUT2D eigenvalue weighted by Crippen LogP contribution is 2.40. The van der Waals surface area contributed by atoms with Crippen molar-refractivity contribution in [1.82, 2.24) is 0 Å². The lowest BCUT2D eigenvalue weighted by atomic mass is 10.4. The summed E-state index contributed by atoms with van der Waals surface area (Å²) in [4.78, 5) is 19.5. The zero-order chi connectivity index (χ0) is 9.78. The Balaban J connectivity index is 3.92. The van der Waals surface area contributed by atoms with E-state index in [9.17, 15) is 9.36 Å². The minimum atomic E-state index is -3.75. The van der Waals surface area contributed by atoms with Gasteiger partial charge in [-0.1, -0.05) is 6.58 Å². The van der Waals surface area contributed by atoms with Gasteiger partial charge in [0.25, 0.3) is 0 Å². The Bertz CT molecular complexity index is 234. The van der Waals surface area contributed by atoms with Crippen LogP contribution in [0.15, 0.2) is 12.2 Å². The Labute approximate surface area is 70.5 Å². The van der Waals surface area contributed by atoms with Crippen molar-refractivity contribution in [1.29, 1.82) is 0 Å². The largest absolute Gasteiger partial charge is 0.449 e. The van der Waals surface area contributed by atoms with Crippen LogP contribution in [0.5, 0.6) is 0 Å². The van der Waals surface area contributed by atoms with Gasteiger partial charge in [0.1, 0.15) is 0 Å². The molecule has 0 saturated carbocycles. The van der Waals surface area contributed by atoms with Gasteiger partial charge in [0.15, 0.2) is 6.35 Å². The van der Waals surface area contributed by atoms with Gasteiger partial charge in [0.2, 0.25) is 0 Å². The molecule has 12 heavy (non-hydrogen) atoms. The van der Waals surface area contributed by atoms with Crippen LogP contribution in [0.3, 0.4) is 0 Å². The first-order chi connectivity index (χ1) is 5.39. The molecule has 5 nitrogen and oxygen atoms in total. The second kappa shape index (κ2) is 4.40. The predicted molar refractivity (Wildman–Crippen MR) is 42.6 cm³/mol. The summed E-state index contributed by atoms with van der Waals surface area (Å²) < 4.78 is 19.3. The van der Waals surface area contributed by atoms with Gasteiger partial charge in [0.05, 0.1) is 0 Å². The minimum Gasteiger partial charge on any atom is -0.449 e. The summed E-state index contributed by atoms with van der Waals surface area (Å²) in [5, 5.41) is 0. The molecular weight excluding hydrogens is 183 g/mol. The Hall–Kier alpha value is -0.640. The summed E-state index contributed by atoms with van der Waals surface area (Å²) in [6, 6.07) is 0. The van der Waals surface area contributed by atoms with E-state index in [-0.39, 0.29) is 5.57 Å². The van der Waals surface area contributed by atoms with E-state index in [2.05, 4.69) is 15.8 Å². The fourth-order valence-electron chi connectivity index (χ4n) is 0.316. The Morgan fingerprint density at radius 3 is 2.50 bits per heavy atom. The van der Waals surface area contributed by atoms with Crippen molar-refractivity contribution in [3.63, 3.8) is 0 Å². The van der Waals surface area contributed by atoms with E-state index in [4.69, 9.17) is 4.89 Å². The Morgan fingerprint density at radius 2 is 2.17 bits per heavy atom. The zero-order valence-electron chi connectivity index (χ0n) is 6.94. The summed E-state index contributed by atoms with van der Waals surface area (Å²) >= 11 is 0. The maximum atomic E-state index is 10.7. The number of carbonyl (C=O) groups is 1. The smallest absolute Gasteiger partial charge is 0.365 e. The first-order valence-corrected chi connectivity index (χ1v) is 4.85. The average molecular weight is 194 g/mol.